The zero-order valence-corrected chi connectivity index (χ0v) is 18.5. The molecule has 4 heteroatoms. The average Bonchev–Trinajstić information content (AvgIpc) is 2.61. The van der Waals surface area contributed by atoms with E-state index in [9.17, 15) is 9.90 Å². The second-order valence-corrected chi connectivity index (χ2v) is 8.66. The lowest BCUT2D eigenvalue weighted by molar-refractivity contribution is -0.143. The van der Waals surface area contributed by atoms with Crippen LogP contribution >= 0.6 is 0 Å². The molecule has 4 nitrogen and oxygen atoms in total. The molecular formula is C24H40O4. The SMILES string of the molecule is CCC(O)C(C)/C=C(\C)CC(C)/C=C/C=C(\C)C1OC(CC(=O)O)CCC1C. The molecule has 0 amide bonds. The maximum Gasteiger partial charge on any atom is 0.305 e. The van der Waals surface area contributed by atoms with Crippen molar-refractivity contribution in [2.24, 2.45) is 17.8 Å². The molecule has 160 valence electrons. The van der Waals surface area contributed by atoms with Crippen molar-refractivity contribution < 1.29 is 19.7 Å². The first-order valence-electron chi connectivity index (χ1n) is 10.7. The molecule has 0 bridgehead atoms. The second kappa shape index (κ2) is 12.2. The van der Waals surface area contributed by atoms with E-state index in [2.05, 4.69) is 58.9 Å². The van der Waals surface area contributed by atoms with E-state index in [-0.39, 0.29) is 30.7 Å². The van der Waals surface area contributed by atoms with E-state index in [1.54, 1.807) is 0 Å². The maximum atomic E-state index is 11.0. The highest BCUT2D eigenvalue weighted by Gasteiger charge is 2.30. The summed E-state index contributed by atoms with van der Waals surface area (Å²) in [5.41, 5.74) is 2.46. The van der Waals surface area contributed by atoms with Crippen LogP contribution in [0.15, 0.2) is 35.5 Å². The Kier molecular flexibility index (Phi) is 10.8. The predicted octanol–water partition coefficient (Wildman–Crippen LogP) is 5.53. The van der Waals surface area contributed by atoms with Crippen molar-refractivity contribution in [1.82, 2.24) is 0 Å². The van der Waals surface area contributed by atoms with Gasteiger partial charge in [0.2, 0.25) is 0 Å². The Hall–Kier alpha value is -1.39. The van der Waals surface area contributed by atoms with E-state index in [1.807, 2.05) is 6.92 Å². The van der Waals surface area contributed by atoms with Crippen molar-refractivity contribution in [1.29, 1.82) is 0 Å². The molecule has 1 fully saturated rings. The molecule has 0 radical (unpaired) electrons. The van der Waals surface area contributed by atoms with Crippen LogP contribution in [-0.2, 0) is 9.53 Å². The molecule has 0 aromatic carbocycles. The summed E-state index contributed by atoms with van der Waals surface area (Å²) in [6.07, 6.45) is 11.8. The second-order valence-electron chi connectivity index (χ2n) is 8.66. The lowest BCUT2D eigenvalue weighted by Gasteiger charge is -2.35. The van der Waals surface area contributed by atoms with Crippen LogP contribution in [0.4, 0.5) is 0 Å². The highest BCUT2D eigenvalue weighted by Crippen LogP contribution is 2.30. The number of allylic oxidation sites excluding steroid dienone is 4. The summed E-state index contributed by atoms with van der Waals surface area (Å²) in [5.74, 6) is 0.212. The van der Waals surface area contributed by atoms with Crippen molar-refractivity contribution in [3.8, 4) is 0 Å². The molecule has 0 saturated carbocycles. The highest BCUT2D eigenvalue weighted by molar-refractivity contribution is 5.67. The molecule has 2 N–H and O–H groups in total. The van der Waals surface area contributed by atoms with Crippen LogP contribution in [-0.4, -0.2) is 34.5 Å². The molecular weight excluding hydrogens is 352 g/mol. The summed E-state index contributed by atoms with van der Waals surface area (Å²) in [6, 6.07) is 0. The largest absolute Gasteiger partial charge is 0.481 e. The summed E-state index contributed by atoms with van der Waals surface area (Å²) < 4.78 is 6.05. The van der Waals surface area contributed by atoms with Crippen molar-refractivity contribution in [2.75, 3.05) is 0 Å². The Morgan fingerprint density at radius 1 is 1.25 bits per heavy atom. The number of aliphatic hydroxyl groups excluding tert-OH is 1. The smallest absolute Gasteiger partial charge is 0.305 e. The van der Waals surface area contributed by atoms with Crippen LogP contribution in [0.1, 0.15) is 73.6 Å². The highest BCUT2D eigenvalue weighted by atomic mass is 16.5. The molecule has 1 saturated heterocycles. The molecule has 28 heavy (non-hydrogen) atoms. The minimum atomic E-state index is -0.794. The third-order valence-electron chi connectivity index (χ3n) is 5.67. The first kappa shape index (κ1) is 24.6. The van der Waals surface area contributed by atoms with E-state index < -0.39 is 5.97 Å². The van der Waals surface area contributed by atoms with Gasteiger partial charge in [-0.1, -0.05) is 57.6 Å². The Labute approximate surface area is 171 Å². The summed E-state index contributed by atoms with van der Waals surface area (Å²) in [7, 11) is 0. The van der Waals surface area contributed by atoms with Crippen molar-refractivity contribution in [3.05, 3.63) is 35.5 Å². The van der Waals surface area contributed by atoms with Gasteiger partial charge in [0.25, 0.3) is 0 Å². The van der Waals surface area contributed by atoms with Crippen molar-refractivity contribution in [2.45, 2.75) is 92.0 Å². The van der Waals surface area contributed by atoms with E-state index >= 15 is 0 Å². The number of carboxylic acid groups (broad SMARTS) is 1. The summed E-state index contributed by atoms with van der Waals surface area (Å²) in [4.78, 5) is 11.0. The van der Waals surface area contributed by atoms with Crippen molar-refractivity contribution >= 4 is 5.97 Å². The number of carboxylic acids is 1. The molecule has 1 aliphatic rings. The normalized spacial score (nSPS) is 27.6. The maximum absolute atomic E-state index is 11.0. The quantitative estimate of drug-likeness (QED) is 0.379. The number of hydrogen-bond donors (Lipinski definition) is 2. The number of aliphatic hydroxyl groups is 1. The zero-order valence-electron chi connectivity index (χ0n) is 18.5. The Morgan fingerprint density at radius 2 is 1.93 bits per heavy atom. The Balaban J connectivity index is 2.61. The molecule has 0 aliphatic carbocycles. The van der Waals surface area contributed by atoms with Gasteiger partial charge in [0.1, 0.15) is 0 Å². The monoisotopic (exact) mass is 392 g/mol. The molecule has 0 aromatic heterocycles. The van der Waals surface area contributed by atoms with Gasteiger partial charge in [-0.05, 0) is 56.9 Å². The van der Waals surface area contributed by atoms with Crippen LogP contribution in [0.25, 0.3) is 0 Å². The van der Waals surface area contributed by atoms with Crippen molar-refractivity contribution in [3.63, 3.8) is 0 Å². The Bertz CT molecular complexity index is 575. The average molecular weight is 393 g/mol. The van der Waals surface area contributed by atoms with Crippen LogP contribution < -0.4 is 0 Å². The van der Waals surface area contributed by atoms with E-state index in [1.165, 1.54) is 5.57 Å². The topological polar surface area (TPSA) is 66.8 Å². The number of aliphatic carboxylic acids is 1. The third-order valence-corrected chi connectivity index (χ3v) is 5.67. The van der Waals surface area contributed by atoms with Gasteiger partial charge in [-0.15, -0.1) is 0 Å². The zero-order chi connectivity index (χ0) is 21.3. The number of ether oxygens (including phenoxy) is 1. The van der Waals surface area contributed by atoms with Crippen LogP contribution in [0.3, 0.4) is 0 Å². The standard InChI is InChI=1S/C24H40O4/c1-7-22(25)20(6)14-17(3)13-16(2)9-8-10-18(4)24-19(5)11-12-21(28-24)15-23(26)27/h8-10,14,16,19-22,24-25H,7,11-13,15H2,1-6H3,(H,26,27)/b9-8+,17-14+,18-10+. The number of rotatable bonds is 10. The number of carbonyl (C=O) groups is 1. The first-order valence-corrected chi connectivity index (χ1v) is 10.7. The van der Waals surface area contributed by atoms with Gasteiger partial charge in [-0.3, -0.25) is 4.79 Å². The van der Waals surface area contributed by atoms with Gasteiger partial charge in [0.05, 0.1) is 24.7 Å². The lowest BCUT2D eigenvalue weighted by Crippen LogP contribution is -2.35. The minimum absolute atomic E-state index is 0.00364. The summed E-state index contributed by atoms with van der Waals surface area (Å²) in [5, 5.41) is 18.9. The molecule has 6 atom stereocenters. The molecule has 1 aliphatic heterocycles. The summed E-state index contributed by atoms with van der Waals surface area (Å²) >= 11 is 0. The van der Waals surface area contributed by atoms with Gasteiger partial charge in [0, 0.05) is 5.92 Å². The third kappa shape index (κ3) is 8.74. The molecule has 0 aromatic rings. The van der Waals surface area contributed by atoms with Gasteiger partial charge in [-0.25, -0.2) is 0 Å². The summed E-state index contributed by atoms with van der Waals surface area (Å²) in [6.45, 7) is 12.6. The molecule has 6 unspecified atom stereocenters. The predicted molar refractivity (Wildman–Crippen MR) is 115 cm³/mol. The van der Waals surface area contributed by atoms with Crippen LogP contribution in [0.2, 0.25) is 0 Å². The fourth-order valence-corrected chi connectivity index (χ4v) is 3.98. The minimum Gasteiger partial charge on any atom is -0.481 e. The lowest BCUT2D eigenvalue weighted by atomic mass is 9.88. The molecule has 0 spiro atoms. The van der Waals surface area contributed by atoms with Gasteiger partial charge in [-0.2, -0.15) is 0 Å². The van der Waals surface area contributed by atoms with Gasteiger partial charge in [0.15, 0.2) is 0 Å². The Morgan fingerprint density at radius 3 is 2.54 bits per heavy atom. The number of hydrogen-bond acceptors (Lipinski definition) is 3. The van der Waals surface area contributed by atoms with E-state index in [4.69, 9.17) is 9.84 Å². The van der Waals surface area contributed by atoms with Crippen LogP contribution in [0.5, 0.6) is 0 Å². The fraction of sp³-hybridized carbons (Fsp3) is 0.708. The fourth-order valence-electron chi connectivity index (χ4n) is 3.98. The molecule has 1 rings (SSSR count). The van der Waals surface area contributed by atoms with E-state index in [0.29, 0.717) is 11.8 Å². The van der Waals surface area contributed by atoms with Crippen LogP contribution in [0, 0.1) is 17.8 Å². The van der Waals surface area contributed by atoms with Gasteiger partial charge >= 0.3 is 5.97 Å². The first-order chi connectivity index (χ1) is 13.1. The van der Waals surface area contributed by atoms with E-state index in [0.717, 1.165) is 31.3 Å². The van der Waals surface area contributed by atoms with Gasteiger partial charge < -0.3 is 14.9 Å². The molecule has 1 heterocycles.